The van der Waals surface area contributed by atoms with Crippen molar-refractivity contribution in [2.24, 2.45) is 0 Å². The molecule has 96 valence electrons. The van der Waals surface area contributed by atoms with Crippen LogP contribution in [-0.2, 0) is 0 Å². The van der Waals surface area contributed by atoms with Gasteiger partial charge in [0.15, 0.2) is 0 Å². The minimum absolute atomic E-state index is 0.128. The first-order chi connectivity index (χ1) is 9.06. The molecule has 2 aromatic rings. The van der Waals surface area contributed by atoms with Crippen molar-refractivity contribution < 1.29 is 14.1 Å². The molecular formula is C13H9FN2O3. The van der Waals surface area contributed by atoms with Crippen molar-refractivity contribution in [3.8, 4) is 0 Å². The number of hydrogen-bond donors (Lipinski definition) is 1. The van der Waals surface area contributed by atoms with Gasteiger partial charge >= 0.3 is 0 Å². The van der Waals surface area contributed by atoms with Crippen molar-refractivity contribution >= 4 is 17.3 Å². The lowest BCUT2D eigenvalue weighted by atomic mass is 10.2. The molecule has 0 aromatic heterocycles. The minimum atomic E-state index is -0.558. The highest BCUT2D eigenvalue weighted by Crippen LogP contribution is 2.17. The van der Waals surface area contributed by atoms with Gasteiger partial charge in [0.25, 0.3) is 11.6 Å². The topological polar surface area (TPSA) is 72.2 Å². The summed E-state index contributed by atoms with van der Waals surface area (Å²) in [6.07, 6.45) is 0. The van der Waals surface area contributed by atoms with E-state index < -0.39 is 16.6 Å². The predicted octanol–water partition coefficient (Wildman–Crippen LogP) is 2.99. The molecule has 2 aromatic carbocycles. The molecule has 0 fully saturated rings. The van der Waals surface area contributed by atoms with Gasteiger partial charge in [-0.05, 0) is 24.3 Å². The molecule has 0 heterocycles. The summed E-state index contributed by atoms with van der Waals surface area (Å²) in [4.78, 5) is 21.8. The Morgan fingerprint density at radius 2 is 1.89 bits per heavy atom. The average Bonchev–Trinajstić information content (AvgIpc) is 2.39. The van der Waals surface area contributed by atoms with Gasteiger partial charge in [-0.2, -0.15) is 0 Å². The van der Waals surface area contributed by atoms with Crippen molar-refractivity contribution in [1.29, 1.82) is 0 Å². The molecule has 0 radical (unpaired) electrons. The van der Waals surface area contributed by atoms with Gasteiger partial charge in [0.05, 0.1) is 4.92 Å². The zero-order valence-corrected chi connectivity index (χ0v) is 9.67. The first-order valence-electron chi connectivity index (χ1n) is 5.37. The Morgan fingerprint density at radius 1 is 1.16 bits per heavy atom. The molecule has 0 aliphatic heterocycles. The van der Waals surface area contributed by atoms with Gasteiger partial charge in [-0.1, -0.05) is 12.1 Å². The molecule has 0 aliphatic rings. The Morgan fingerprint density at radius 3 is 2.58 bits per heavy atom. The number of carbonyl (C=O) groups is 1. The van der Waals surface area contributed by atoms with Crippen LogP contribution < -0.4 is 5.32 Å². The highest BCUT2D eigenvalue weighted by atomic mass is 19.1. The number of benzene rings is 2. The second-order valence-corrected chi connectivity index (χ2v) is 3.77. The van der Waals surface area contributed by atoms with Crippen molar-refractivity contribution in [3.05, 3.63) is 70.0 Å². The van der Waals surface area contributed by atoms with Crippen LogP contribution in [0.1, 0.15) is 10.4 Å². The van der Waals surface area contributed by atoms with Crippen molar-refractivity contribution in [2.45, 2.75) is 0 Å². The molecule has 0 spiro atoms. The van der Waals surface area contributed by atoms with Crippen LogP contribution in [0.3, 0.4) is 0 Å². The van der Waals surface area contributed by atoms with E-state index in [4.69, 9.17) is 0 Å². The van der Waals surface area contributed by atoms with Crippen LogP contribution in [0.25, 0.3) is 0 Å². The third-order valence-corrected chi connectivity index (χ3v) is 2.40. The fourth-order valence-electron chi connectivity index (χ4n) is 1.53. The van der Waals surface area contributed by atoms with Crippen molar-refractivity contribution in [2.75, 3.05) is 5.32 Å². The molecule has 0 bridgehead atoms. The lowest BCUT2D eigenvalue weighted by molar-refractivity contribution is -0.384. The summed E-state index contributed by atoms with van der Waals surface area (Å²) in [7, 11) is 0. The van der Waals surface area contributed by atoms with Crippen LogP contribution in [0.2, 0.25) is 0 Å². The number of nitro groups is 1. The number of carbonyl (C=O) groups excluding carboxylic acids is 1. The van der Waals surface area contributed by atoms with E-state index in [0.29, 0.717) is 0 Å². The number of nitrogens with one attached hydrogen (secondary N) is 1. The minimum Gasteiger partial charge on any atom is -0.322 e. The van der Waals surface area contributed by atoms with Crippen LogP contribution in [-0.4, -0.2) is 10.8 Å². The van der Waals surface area contributed by atoms with Gasteiger partial charge in [0.2, 0.25) is 0 Å². The van der Waals surface area contributed by atoms with Gasteiger partial charge in [-0.15, -0.1) is 0 Å². The molecule has 6 heteroatoms. The molecule has 0 saturated carbocycles. The summed E-state index contributed by atoms with van der Waals surface area (Å²) in [6.45, 7) is 0. The van der Waals surface area contributed by atoms with E-state index >= 15 is 0 Å². The lowest BCUT2D eigenvalue weighted by Gasteiger charge is -2.05. The summed E-state index contributed by atoms with van der Waals surface area (Å²) >= 11 is 0. The molecule has 0 atom stereocenters. The van der Waals surface area contributed by atoms with Gasteiger partial charge in [0.1, 0.15) is 5.82 Å². The number of halogens is 1. The smallest absolute Gasteiger partial charge is 0.271 e. The zero-order valence-electron chi connectivity index (χ0n) is 9.67. The number of non-ortho nitro benzene ring substituents is 1. The molecule has 5 nitrogen and oxygen atoms in total. The quantitative estimate of drug-likeness (QED) is 0.681. The van der Waals surface area contributed by atoms with Gasteiger partial charge < -0.3 is 5.32 Å². The summed E-state index contributed by atoms with van der Waals surface area (Å²) in [5, 5.41) is 13.1. The van der Waals surface area contributed by atoms with Crippen LogP contribution in [0.5, 0.6) is 0 Å². The Kier molecular flexibility index (Phi) is 3.51. The first-order valence-corrected chi connectivity index (χ1v) is 5.37. The second-order valence-electron chi connectivity index (χ2n) is 3.77. The molecule has 0 unspecified atom stereocenters. The van der Waals surface area contributed by atoms with Crippen molar-refractivity contribution in [3.63, 3.8) is 0 Å². The summed E-state index contributed by atoms with van der Waals surface area (Å²) in [5.41, 5.74) is 0.298. The van der Waals surface area contributed by atoms with E-state index in [1.165, 1.54) is 42.5 Å². The number of nitro benzene ring substituents is 1. The van der Waals surface area contributed by atoms with Gasteiger partial charge in [0, 0.05) is 23.4 Å². The van der Waals surface area contributed by atoms with E-state index in [0.717, 1.165) is 6.07 Å². The summed E-state index contributed by atoms with van der Waals surface area (Å²) < 4.78 is 13.0. The number of hydrogen-bond acceptors (Lipinski definition) is 3. The maximum atomic E-state index is 13.0. The maximum absolute atomic E-state index is 13.0. The third kappa shape index (κ3) is 3.12. The van der Waals surface area contributed by atoms with Crippen LogP contribution in [0.15, 0.2) is 48.5 Å². The first kappa shape index (κ1) is 12.7. The number of rotatable bonds is 3. The van der Waals surface area contributed by atoms with Crippen LogP contribution in [0, 0.1) is 15.9 Å². The van der Waals surface area contributed by atoms with Crippen molar-refractivity contribution in [1.82, 2.24) is 0 Å². The average molecular weight is 260 g/mol. The fourth-order valence-corrected chi connectivity index (χ4v) is 1.53. The maximum Gasteiger partial charge on any atom is 0.271 e. The Labute approximate surface area is 107 Å². The van der Waals surface area contributed by atoms with Gasteiger partial charge in [-0.3, -0.25) is 14.9 Å². The van der Waals surface area contributed by atoms with Crippen LogP contribution in [0.4, 0.5) is 15.8 Å². The number of nitrogens with zero attached hydrogens (tertiary/aromatic N) is 1. The molecule has 19 heavy (non-hydrogen) atoms. The molecule has 2 rings (SSSR count). The molecule has 0 aliphatic carbocycles. The lowest BCUT2D eigenvalue weighted by Crippen LogP contribution is -2.12. The normalized spacial score (nSPS) is 9.95. The van der Waals surface area contributed by atoms with E-state index in [-0.39, 0.29) is 16.9 Å². The molecular weight excluding hydrogens is 251 g/mol. The third-order valence-electron chi connectivity index (χ3n) is 2.40. The fraction of sp³-hybridized carbons (Fsp3) is 0. The largest absolute Gasteiger partial charge is 0.322 e. The predicted molar refractivity (Wildman–Crippen MR) is 67.4 cm³/mol. The standard InChI is InChI=1S/C13H9FN2O3/c14-10-4-1-3-9(7-10)13(17)15-11-5-2-6-12(8-11)16(18)19/h1-8H,(H,15,17). The molecule has 1 N–H and O–H groups in total. The molecule has 0 saturated heterocycles. The monoisotopic (exact) mass is 260 g/mol. The van der Waals surface area contributed by atoms with E-state index in [1.54, 1.807) is 0 Å². The van der Waals surface area contributed by atoms with E-state index in [2.05, 4.69) is 5.32 Å². The zero-order chi connectivity index (χ0) is 13.8. The second kappa shape index (κ2) is 5.26. The highest BCUT2D eigenvalue weighted by molar-refractivity contribution is 6.04. The van der Waals surface area contributed by atoms with Crippen LogP contribution >= 0.6 is 0 Å². The number of amides is 1. The van der Waals surface area contributed by atoms with E-state index in [1.807, 2.05) is 0 Å². The summed E-state index contributed by atoms with van der Waals surface area (Å²) in [5.74, 6) is -1.05. The number of anilines is 1. The Bertz CT molecular complexity index is 643. The summed E-state index contributed by atoms with van der Waals surface area (Å²) in [6, 6.07) is 10.7. The van der Waals surface area contributed by atoms with E-state index in [9.17, 15) is 19.3 Å². The SMILES string of the molecule is O=C(Nc1cccc([N+](=O)[O-])c1)c1cccc(F)c1. The Hall–Kier alpha value is -2.76. The Balaban J connectivity index is 2.19. The van der Waals surface area contributed by atoms with Gasteiger partial charge in [-0.25, -0.2) is 4.39 Å². The molecule has 1 amide bonds. The highest BCUT2D eigenvalue weighted by Gasteiger charge is 2.10.